The smallest absolute Gasteiger partial charge is 0.253 e. The molecule has 1 aliphatic rings. The Morgan fingerprint density at radius 3 is 2.26 bits per heavy atom. The number of nitrogens with two attached hydrogens (primary N) is 1. The topological polar surface area (TPSA) is 79.5 Å². The molecule has 1 fully saturated rings. The first-order chi connectivity index (χ1) is 9.18. The van der Waals surface area contributed by atoms with Gasteiger partial charge in [0.05, 0.1) is 0 Å². The number of hydrogen-bond donors (Lipinski definition) is 1. The van der Waals surface area contributed by atoms with Crippen LogP contribution in [0.5, 0.6) is 0 Å². The van der Waals surface area contributed by atoms with Gasteiger partial charge in [-0.1, -0.05) is 6.07 Å². The van der Waals surface area contributed by atoms with Crippen molar-refractivity contribution in [3.8, 4) is 0 Å². The minimum Gasteiger partial charge on any atom is -0.394 e. The van der Waals surface area contributed by atoms with E-state index >= 15 is 0 Å². The summed E-state index contributed by atoms with van der Waals surface area (Å²) in [7, 11) is 0. The van der Waals surface area contributed by atoms with Gasteiger partial charge in [-0.2, -0.15) is 0 Å². The maximum Gasteiger partial charge on any atom is 0.253 e. The predicted molar refractivity (Wildman–Crippen MR) is 74.4 cm³/mol. The summed E-state index contributed by atoms with van der Waals surface area (Å²) >= 11 is 0. The third-order valence-corrected chi connectivity index (χ3v) is 3.49. The SMILES string of the molecule is Nc1c(N2CCN(c3ccccn3)CC2)c(=O)c1=O. The summed E-state index contributed by atoms with van der Waals surface area (Å²) in [6.07, 6.45) is 1.76. The summed E-state index contributed by atoms with van der Waals surface area (Å²) in [6.45, 7) is 2.86. The molecule has 1 aromatic carbocycles. The van der Waals surface area contributed by atoms with Gasteiger partial charge < -0.3 is 15.5 Å². The van der Waals surface area contributed by atoms with Crippen LogP contribution in [0, 0.1) is 0 Å². The number of nitrogen functional groups attached to an aromatic ring is 1. The van der Waals surface area contributed by atoms with Gasteiger partial charge >= 0.3 is 0 Å². The van der Waals surface area contributed by atoms with E-state index in [2.05, 4.69) is 9.88 Å². The predicted octanol–water partition coefficient (Wildman–Crippen LogP) is -0.414. The fourth-order valence-corrected chi connectivity index (χ4v) is 2.41. The van der Waals surface area contributed by atoms with Gasteiger partial charge in [-0.15, -0.1) is 0 Å². The van der Waals surface area contributed by atoms with E-state index in [-0.39, 0.29) is 5.69 Å². The molecule has 3 rings (SSSR count). The van der Waals surface area contributed by atoms with Crippen LogP contribution in [0.15, 0.2) is 34.0 Å². The molecule has 0 aliphatic carbocycles. The second-order valence-corrected chi connectivity index (χ2v) is 4.58. The van der Waals surface area contributed by atoms with Gasteiger partial charge in [-0.25, -0.2) is 4.98 Å². The van der Waals surface area contributed by atoms with Crippen LogP contribution in [0.4, 0.5) is 17.2 Å². The molecule has 19 heavy (non-hydrogen) atoms. The van der Waals surface area contributed by atoms with Gasteiger partial charge in [-0.3, -0.25) is 9.59 Å². The van der Waals surface area contributed by atoms with E-state index in [9.17, 15) is 9.59 Å². The highest BCUT2D eigenvalue weighted by atomic mass is 16.2. The third kappa shape index (κ3) is 1.85. The summed E-state index contributed by atoms with van der Waals surface area (Å²) in [4.78, 5) is 30.9. The first-order valence-corrected chi connectivity index (χ1v) is 6.18. The number of hydrogen-bond acceptors (Lipinski definition) is 6. The van der Waals surface area contributed by atoms with E-state index in [1.807, 2.05) is 23.1 Å². The number of pyridine rings is 1. The maximum atomic E-state index is 11.5. The van der Waals surface area contributed by atoms with Crippen molar-refractivity contribution >= 4 is 17.2 Å². The molecule has 0 spiro atoms. The Bertz CT molecular complexity index is 653. The molecule has 6 nitrogen and oxygen atoms in total. The van der Waals surface area contributed by atoms with Crippen molar-refractivity contribution in [3.63, 3.8) is 0 Å². The van der Waals surface area contributed by atoms with E-state index in [1.165, 1.54) is 0 Å². The summed E-state index contributed by atoms with van der Waals surface area (Å²) < 4.78 is 0. The molecule has 2 N–H and O–H groups in total. The Morgan fingerprint density at radius 2 is 1.68 bits per heavy atom. The average molecular weight is 258 g/mol. The van der Waals surface area contributed by atoms with Crippen LogP contribution >= 0.6 is 0 Å². The van der Waals surface area contributed by atoms with Crippen LogP contribution in [0.25, 0.3) is 0 Å². The molecule has 98 valence electrons. The summed E-state index contributed by atoms with van der Waals surface area (Å²) in [5, 5.41) is 0. The quantitative estimate of drug-likeness (QED) is 0.737. The Hall–Kier alpha value is -2.37. The van der Waals surface area contributed by atoms with E-state index in [1.54, 1.807) is 6.20 Å². The van der Waals surface area contributed by atoms with Gasteiger partial charge in [0.15, 0.2) is 0 Å². The van der Waals surface area contributed by atoms with E-state index < -0.39 is 10.9 Å². The Balaban J connectivity index is 1.71. The van der Waals surface area contributed by atoms with Crippen molar-refractivity contribution in [1.82, 2.24) is 4.98 Å². The van der Waals surface area contributed by atoms with Crippen molar-refractivity contribution in [2.45, 2.75) is 0 Å². The lowest BCUT2D eigenvalue weighted by atomic mass is 10.1. The minimum absolute atomic E-state index is 0.108. The van der Waals surface area contributed by atoms with Gasteiger partial charge in [-0.05, 0) is 12.1 Å². The van der Waals surface area contributed by atoms with Gasteiger partial charge in [0.1, 0.15) is 17.2 Å². The lowest BCUT2D eigenvalue weighted by Crippen LogP contribution is -2.51. The van der Waals surface area contributed by atoms with Gasteiger partial charge in [0, 0.05) is 32.4 Å². The van der Waals surface area contributed by atoms with Crippen molar-refractivity contribution in [3.05, 3.63) is 44.8 Å². The highest BCUT2D eigenvalue weighted by Gasteiger charge is 2.27. The molecular formula is C13H14N4O2. The first-order valence-electron chi connectivity index (χ1n) is 6.18. The number of piperazine rings is 1. The van der Waals surface area contributed by atoms with Crippen LogP contribution < -0.4 is 26.4 Å². The largest absolute Gasteiger partial charge is 0.394 e. The number of rotatable bonds is 2. The zero-order valence-electron chi connectivity index (χ0n) is 10.4. The third-order valence-electron chi connectivity index (χ3n) is 3.49. The molecule has 0 atom stereocenters. The zero-order valence-corrected chi connectivity index (χ0v) is 10.4. The molecule has 2 heterocycles. The van der Waals surface area contributed by atoms with Crippen molar-refractivity contribution < 1.29 is 0 Å². The molecule has 0 unspecified atom stereocenters. The average Bonchev–Trinajstić information content (AvgIpc) is 2.49. The van der Waals surface area contributed by atoms with E-state index in [4.69, 9.17) is 5.73 Å². The molecule has 0 saturated carbocycles. The van der Waals surface area contributed by atoms with E-state index in [0.717, 1.165) is 18.9 Å². The van der Waals surface area contributed by atoms with Crippen molar-refractivity contribution in [1.29, 1.82) is 0 Å². The molecule has 1 aliphatic heterocycles. The molecular weight excluding hydrogens is 244 g/mol. The van der Waals surface area contributed by atoms with Crippen LogP contribution in [0.1, 0.15) is 0 Å². The van der Waals surface area contributed by atoms with Crippen LogP contribution in [0.2, 0.25) is 0 Å². The fraction of sp³-hybridized carbons (Fsp3) is 0.308. The molecule has 0 radical (unpaired) electrons. The normalized spacial score (nSPS) is 16.0. The maximum absolute atomic E-state index is 11.5. The number of aromatic nitrogens is 1. The van der Waals surface area contributed by atoms with Crippen molar-refractivity contribution in [2.24, 2.45) is 0 Å². The Labute approximate surface area is 109 Å². The Kier molecular flexibility index (Phi) is 2.70. The van der Waals surface area contributed by atoms with Crippen molar-refractivity contribution in [2.75, 3.05) is 41.7 Å². The first kappa shape index (κ1) is 11.7. The molecule has 1 aromatic heterocycles. The highest BCUT2D eigenvalue weighted by molar-refractivity contribution is 5.73. The number of nitrogens with zero attached hydrogens (tertiary/aromatic N) is 3. The molecule has 6 heteroatoms. The van der Waals surface area contributed by atoms with E-state index in [0.29, 0.717) is 18.8 Å². The number of anilines is 3. The Morgan fingerprint density at radius 1 is 1.00 bits per heavy atom. The lowest BCUT2D eigenvalue weighted by molar-refractivity contribution is 0.645. The molecule has 2 aromatic rings. The standard InChI is InChI=1S/C13H14N4O2/c14-10-11(13(19)12(10)18)17-7-5-16(6-8-17)9-3-1-2-4-15-9/h1-4H,5-8,14H2. The zero-order chi connectivity index (χ0) is 13.4. The summed E-state index contributed by atoms with van der Waals surface area (Å²) in [6, 6.07) is 5.79. The molecule has 1 saturated heterocycles. The van der Waals surface area contributed by atoms with Crippen LogP contribution in [0.3, 0.4) is 0 Å². The second kappa shape index (κ2) is 4.38. The van der Waals surface area contributed by atoms with Gasteiger partial charge in [0.2, 0.25) is 0 Å². The lowest BCUT2D eigenvalue weighted by Gasteiger charge is -2.37. The van der Waals surface area contributed by atoms with Crippen LogP contribution in [-0.4, -0.2) is 31.2 Å². The summed E-state index contributed by atoms with van der Waals surface area (Å²) in [5.74, 6) is 0.931. The highest BCUT2D eigenvalue weighted by Crippen LogP contribution is 2.20. The molecule has 0 bridgehead atoms. The fourth-order valence-electron chi connectivity index (χ4n) is 2.41. The second-order valence-electron chi connectivity index (χ2n) is 4.58. The summed E-state index contributed by atoms with van der Waals surface area (Å²) in [5.41, 5.74) is 5.07. The van der Waals surface area contributed by atoms with Crippen LogP contribution in [-0.2, 0) is 0 Å². The van der Waals surface area contributed by atoms with Gasteiger partial charge in [0.25, 0.3) is 10.9 Å². The monoisotopic (exact) mass is 258 g/mol. The minimum atomic E-state index is -0.554. The molecule has 0 amide bonds.